The highest BCUT2D eigenvalue weighted by atomic mass is 16.1. The fraction of sp³-hybridized carbons (Fsp3) is 0.909. The van der Waals surface area contributed by atoms with Gasteiger partial charge < -0.3 is 11.1 Å². The van der Waals surface area contributed by atoms with Crippen LogP contribution in [0.4, 0.5) is 0 Å². The van der Waals surface area contributed by atoms with Crippen LogP contribution in [0, 0.1) is 11.3 Å². The summed E-state index contributed by atoms with van der Waals surface area (Å²) in [4.78, 5) is 11.7. The molecule has 3 nitrogen and oxygen atoms in total. The summed E-state index contributed by atoms with van der Waals surface area (Å²) in [6.07, 6.45) is 5.60. The minimum atomic E-state index is 0.0809. The Morgan fingerprint density at radius 2 is 2.21 bits per heavy atom. The average molecular weight is 196 g/mol. The number of carbonyl (C=O) groups excluding carboxylic acids is 1. The lowest BCUT2D eigenvalue weighted by atomic mass is 10.0. The second-order valence-electron chi connectivity index (χ2n) is 5.23. The van der Waals surface area contributed by atoms with Crippen molar-refractivity contribution < 1.29 is 4.79 Å². The minimum Gasteiger partial charge on any atom is -0.355 e. The third-order valence-corrected chi connectivity index (χ3v) is 3.70. The maximum absolute atomic E-state index is 11.7. The van der Waals surface area contributed by atoms with Gasteiger partial charge in [0.2, 0.25) is 5.91 Å². The number of hydrogen-bond donors (Lipinski definition) is 2. The van der Waals surface area contributed by atoms with Crippen LogP contribution in [0.2, 0.25) is 0 Å². The molecule has 2 aliphatic rings. The van der Waals surface area contributed by atoms with Gasteiger partial charge in [-0.2, -0.15) is 0 Å². The lowest BCUT2D eigenvalue weighted by Crippen LogP contribution is -2.40. The van der Waals surface area contributed by atoms with E-state index < -0.39 is 0 Å². The summed E-state index contributed by atoms with van der Waals surface area (Å²) in [5, 5.41) is 3.04. The molecule has 0 aliphatic heterocycles. The smallest absolute Gasteiger partial charge is 0.224 e. The van der Waals surface area contributed by atoms with Gasteiger partial charge in [0, 0.05) is 12.6 Å². The number of nitrogens with one attached hydrogen (secondary N) is 1. The predicted octanol–water partition coefficient (Wildman–Crippen LogP) is 1.03. The van der Waals surface area contributed by atoms with Gasteiger partial charge in [-0.15, -0.1) is 0 Å². The van der Waals surface area contributed by atoms with Gasteiger partial charge in [-0.3, -0.25) is 4.79 Å². The largest absolute Gasteiger partial charge is 0.355 e. The molecule has 2 saturated carbocycles. The van der Waals surface area contributed by atoms with E-state index in [2.05, 4.69) is 12.2 Å². The van der Waals surface area contributed by atoms with Crippen molar-refractivity contribution >= 4 is 5.91 Å². The zero-order valence-electron chi connectivity index (χ0n) is 8.88. The third kappa shape index (κ3) is 2.08. The zero-order valence-corrected chi connectivity index (χ0v) is 8.88. The van der Waals surface area contributed by atoms with Crippen molar-refractivity contribution in [1.82, 2.24) is 5.32 Å². The Morgan fingerprint density at radius 1 is 1.50 bits per heavy atom. The van der Waals surface area contributed by atoms with Crippen LogP contribution in [0.1, 0.15) is 39.0 Å². The highest BCUT2D eigenvalue weighted by Gasteiger charge is 2.38. The molecule has 2 rings (SSSR count). The van der Waals surface area contributed by atoms with Crippen LogP contribution in [0.3, 0.4) is 0 Å². The first-order chi connectivity index (χ1) is 6.61. The third-order valence-electron chi connectivity index (χ3n) is 3.70. The summed E-state index contributed by atoms with van der Waals surface area (Å²) >= 11 is 0. The minimum absolute atomic E-state index is 0.0809. The molecule has 0 heterocycles. The summed E-state index contributed by atoms with van der Waals surface area (Å²) in [7, 11) is 0. The van der Waals surface area contributed by atoms with Gasteiger partial charge in [-0.05, 0) is 31.1 Å². The second kappa shape index (κ2) is 3.54. The van der Waals surface area contributed by atoms with Gasteiger partial charge in [0.1, 0.15) is 0 Å². The van der Waals surface area contributed by atoms with Crippen molar-refractivity contribution in [3.8, 4) is 0 Å². The molecule has 0 radical (unpaired) electrons. The van der Waals surface area contributed by atoms with Crippen LogP contribution in [0.25, 0.3) is 0 Å². The molecule has 0 aromatic carbocycles. The van der Waals surface area contributed by atoms with E-state index in [0.29, 0.717) is 5.41 Å². The molecule has 2 aliphatic carbocycles. The van der Waals surface area contributed by atoms with Crippen LogP contribution in [0.15, 0.2) is 0 Å². The van der Waals surface area contributed by atoms with E-state index in [1.54, 1.807) is 0 Å². The molecule has 2 atom stereocenters. The van der Waals surface area contributed by atoms with E-state index in [9.17, 15) is 4.79 Å². The zero-order chi connectivity index (χ0) is 10.2. The maximum Gasteiger partial charge on any atom is 0.224 e. The molecule has 3 N–H and O–H groups in total. The lowest BCUT2D eigenvalue weighted by molar-refractivity contribution is -0.125. The molecule has 2 unspecified atom stereocenters. The predicted molar refractivity (Wildman–Crippen MR) is 55.7 cm³/mol. The molecule has 14 heavy (non-hydrogen) atoms. The molecule has 80 valence electrons. The van der Waals surface area contributed by atoms with Crippen LogP contribution < -0.4 is 11.1 Å². The van der Waals surface area contributed by atoms with Crippen LogP contribution in [0.5, 0.6) is 0 Å². The summed E-state index contributed by atoms with van der Waals surface area (Å²) in [6.45, 7) is 3.07. The van der Waals surface area contributed by atoms with Crippen molar-refractivity contribution in [3.05, 3.63) is 0 Å². The number of nitrogens with two attached hydrogens (primary N) is 1. The van der Waals surface area contributed by atoms with E-state index in [1.807, 2.05) is 0 Å². The summed E-state index contributed by atoms with van der Waals surface area (Å²) in [6, 6.07) is 0.0991. The molecule has 3 heteroatoms. The molecule has 0 aromatic rings. The summed E-state index contributed by atoms with van der Waals surface area (Å²) < 4.78 is 0. The Hall–Kier alpha value is -0.570. The molecule has 0 saturated heterocycles. The van der Waals surface area contributed by atoms with E-state index >= 15 is 0 Å². The van der Waals surface area contributed by atoms with E-state index in [-0.39, 0.29) is 17.9 Å². The van der Waals surface area contributed by atoms with Crippen molar-refractivity contribution in [1.29, 1.82) is 0 Å². The maximum atomic E-state index is 11.7. The first kappa shape index (κ1) is 9.97. The Kier molecular flexibility index (Phi) is 2.52. The Morgan fingerprint density at radius 3 is 2.71 bits per heavy atom. The van der Waals surface area contributed by atoms with E-state index in [1.165, 1.54) is 12.8 Å². The number of rotatable bonds is 3. The van der Waals surface area contributed by atoms with E-state index in [4.69, 9.17) is 5.73 Å². The lowest BCUT2D eigenvalue weighted by Gasteiger charge is -2.17. The van der Waals surface area contributed by atoms with Crippen molar-refractivity contribution in [3.63, 3.8) is 0 Å². The van der Waals surface area contributed by atoms with Gasteiger partial charge in [0.25, 0.3) is 0 Å². The monoisotopic (exact) mass is 196 g/mol. The first-order valence-electron chi connectivity index (χ1n) is 5.64. The Balaban J connectivity index is 1.77. The van der Waals surface area contributed by atoms with Crippen LogP contribution >= 0.6 is 0 Å². The van der Waals surface area contributed by atoms with Crippen LogP contribution in [-0.4, -0.2) is 18.5 Å². The van der Waals surface area contributed by atoms with Crippen LogP contribution in [-0.2, 0) is 4.79 Å². The number of hydrogen-bond acceptors (Lipinski definition) is 2. The molecular formula is C11H20N2O. The summed E-state index contributed by atoms with van der Waals surface area (Å²) in [5.74, 6) is 0.264. The topological polar surface area (TPSA) is 55.1 Å². The number of carbonyl (C=O) groups is 1. The molecule has 0 spiro atoms. The van der Waals surface area contributed by atoms with Gasteiger partial charge in [-0.1, -0.05) is 13.3 Å². The molecular weight excluding hydrogens is 176 g/mol. The average Bonchev–Trinajstić information content (AvgIpc) is 2.72. The molecule has 2 fully saturated rings. The molecule has 0 bridgehead atoms. The normalized spacial score (nSPS) is 34.1. The van der Waals surface area contributed by atoms with Crippen molar-refractivity contribution in [2.75, 3.05) is 6.54 Å². The van der Waals surface area contributed by atoms with Gasteiger partial charge in [-0.25, -0.2) is 0 Å². The quantitative estimate of drug-likeness (QED) is 0.708. The molecule has 0 aromatic heterocycles. The van der Waals surface area contributed by atoms with Crippen molar-refractivity contribution in [2.45, 2.75) is 45.1 Å². The first-order valence-corrected chi connectivity index (χ1v) is 5.64. The number of amides is 1. The van der Waals surface area contributed by atoms with E-state index in [0.717, 1.165) is 25.8 Å². The Labute approximate surface area is 85.4 Å². The van der Waals surface area contributed by atoms with Gasteiger partial charge >= 0.3 is 0 Å². The van der Waals surface area contributed by atoms with Gasteiger partial charge in [0.15, 0.2) is 0 Å². The fourth-order valence-electron chi connectivity index (χ4n) is 2.14. The highest BCUT2D eigenvalue weighted by Crippen LogP contribution is 2.44. The van der Waals surface area contributed by atoms with Gasteiger partial charge in [0.05, 0.1) is 5.92 Å². The fourth-order valence-corrected chi connectivity index (χ4v) is 2.14. The highest BCUT2D eigenvalue weighted by molar-refractivity contribution is 5.79. The standard InChI is InChI=1S/C11H20N2O/c1-11(5-6-11)7-13-10(14)8-3-2-4-9(8)12/h8-9H,2-7,12H2,1H3,(H,13,14). The summed E-state index contributed by atoms with van der Waals surface area (Å²) in [5.41, 5.74) is 6.28. The Bertz CT molecular complexity index is 235. The second-order valence-corrected chi connectivity index (χ2v) is 5.23. The SMILES string of the molecule is CC1(CNC(=O)C2CCCC2N)CC1. The molecule has 1 amide bonds. The van der Waals surface area contributed by atoms with Crippen molar-refractivity contribution in [2.24, 2.45) is 17.1 Å².